The minimum absolute atomic E-state index is 0.222. The monoisotopic (exact) mass is 224 g/mol. The minimum Gasteiger partial charge on any atom is -0.318 e. The molecule has 1 aromatic carbocycles. The van der Waals surface area contributed by atoms with Gasteiger partial charge in [0.25, 0.3) is 0 Å². The van der Waals surface area contributed by atoms with Crippen LogP contribution >= 0.6 is 7.14 Å². The van der Waals surface area contributed by atoms with E-state index in [4.69, 9.17) is 0 Å². The number of aryl methyl sites for hydroxylation is 1. The predicted octanol–water partition coefficient (Wildman–Crippen LogP) is 3.80. The highest BCUT2D eigenvalue weighted by Gasteiger charge is 2.32. The second-order valence-corrected chi connectivity index (χ2v) is 8.74. The van der Waals surface area contributed by atoms with Crippen LogP contribution < -0.4 is 5.30 Å². The Kier molecular flexibility index (Phi) is 3.78. The van der Waals surface area contributed by atoms with Gasteiger partial charge in [-0.1, -0.05) is 51.5 Å². The van der Waals surface area contributed by atoms with E-state index >= 15 is 0 Å². The molecule has 1 aromatic rings. The molecule has 0 unspecified atom stereocenters. The van der Waals surface area contributed by atoms with Gasteiger partial charge < -0.3 is 4.57 Å². The van der Waals surface area contributed by atoms with E-state index in [0.717, 1.165) is 5.30 Å². The van der Waals surface area contributed by atoms with Crippen molar-refractivity contribution in [2.45, 2.75) is 45.9 Å². The van der Waals surface area contributed by atoms with Crippen LogP contribution in [0, 0.1) is 6.92 Å². The summed E-state index contributed by atoms with van der Waals surface area (Å²) in [6.45, 7) is 10.3. The van der Waals surface area contributed by atoms with Gasteiger partial charge in [-0.25, -0.2) is 0 Å². The fraction of sp³-hybridized carbons (Fsp3) is 0.538. The summed E-state index contributed by atoms with van der Waals surface area (Å²) in [6.07, 6.45) is 0. The quantitative estimate of drug-likeness (QED) is 0.714. The standard InChI is InChI=1S/C13H21OP/c1-10(2)15(14,11(3)4)13-8-6-7-12(5)9-13/h6-11H,1-5H3. The topological polar surface area (TPSA) is 17.1 Å². The highest BCUT2D eigenvalue weighted by molar-refractivity contribution is 7.72. The first kappa shape index (κ1) is 12.5. The van der Waals surface area contributed by atoms with Gasteiger partial charge in [-0.3, -0.25) is 0 Å². The van der Waals surface area contributed by atoms with Gasteiger partial charge in [-0.15, -0.1) is 0 Å². The van der Waals surface area contributed by atoms with Crippen molar-refractivity contribution in [3.63, 3.8) is 0 Å². The van der Waals surface area contributed by atoms with Gasteiger partial charge in [-0.05, 0) is 13.0 Å². The predicted molar refractivity (Wildman–Crippen MR) is 68.7 cm³/mol. The Morgan fingerprint density at radius 1 is 1.07 bits per heavy atom. The average molecular weight is 224 g/mol. The molecule has 0 saturated carbocycles. The van der Waals surface area contributed by atoms with Crippen LogP contribution in [0.1, 0.15) is 33.3 Å². The molecular weight excluding hydrogens is 203 g/mol. The van der Waals surface area contributed by atoms with E-state index in [1.807, 2.05) is 12.1 Å². The summed E-state index contributed by atoms with van der Waals surface area (Å²) in [4.78, 5) is 0. The molecule has 0 saturated heterocycles. The lowest BCUT2D eigenvalue weighted by Gasteiger charge is -2.26. The lowest BCUT2D eigenvalue weighted by molar-refractivity contribution is 0.569. The number of hydrogen-bond donors (Lipinski definition) is 0. The summed E-state index contributed by atoms with van der Waals surface area (Å²) in [7, 11) is -2.24. The van der Waals surface area contributed by atoms with Gasteiger partial charge in [0.2, 0.25) is 0 Å². The maximum atomic E-state index is 13.0. The van der Waals surface area contributed by atoms with Gasteiger partial charge in [0.05, 0.1) is 0 Å². The summed E-state index contributed by atoms with van der Waals surface area (Å²) in [5.74, 6) is 0. The zero-order chi connectivity index (χ0) is 11.6. The molecular formula is C13H21OP. The van der Waals surface area contributed by atoms with Crippen molar-refractivity contribution >= 4 is 12.4 Å². The van der Waals surface area contributed by atoms with Crippen LogP contribution in [0.15, 0.2) is 24.3 Å². The third kappa shape index (κ3) is 2.34. The van der Waals surface area contributed by atoms with Crippen molar-refractivity contribution in [1.29, 1.82) is 0 Å². The normalized spacial score (nSPS) is 12.5. The highest BCUT2D eigenvalue weighted by atomic mass is 31.2. The molecule has 0 spiro atoms. The van der Waals surface area contributed by atoms with Gasteiger partial charge in [0.1, 0.15) is 7.14 Å². The van der Waals surface area contributed by atoms with E-state index in [2.05, 4.69) is 46.8 Å². The first-order valence-corrected chi connectivity index (χ1v) is 7.40. The van der Waals surface area contributed by atoms with Gasteiger partial charge >= 0.3 is 0 Å². The van der Waals surface area contributed by atoms with Gasteiger partial charge in [0, 0.05) is 16.6 Å². The molecule has 0 aromatic heterocycles. The van der Waals surface area contributed by atoms with Crippen molar-refractivity contribution in [1.82, 2.24) is 0 Å². The Bertz CT molecular complexity index is 368. The first-order chi connectivity index (χ1) is 6.89. The van der Waals surface area contributed by atoms with Gasteiger partial charge in [0.15, 0.2) is 0 Å². The second-order valence-electron chi connectivity index (χ2n) is 4.74. The molecule has 0 aliphatic carbocycles. The summed E-state index contributed by atoms with van der Waals surface area (Å²) in [5.41, 5.74) is 1.63. The third-order valence-electron chi connectivity index (χ3n) is 2.94. The molecule has 0 atom stereocenters. The second kappa shape index (κ2) is 4.53. The third-order valence-corrected chi connectivity index (χ3v) is 7.09. The summed E-state index contributed by atoms with van der Waals surface area (Å²) >= 11 is 0. The summed E-state index contributed by atoms with van der Waals surface area (Å²) in [5, 5.41) is 1.03. The molecule has 2 heteroatoms. The van der Waals surface area contributed by atoms with Crippen molar-refractivity contribution in [3.05, 3.63) is 29.8 Å². The lowest BCUT2D eigenvalue weighted by atomic mass is 10.2. The van der Waals surface area contributed by atoms with Crippen LogP contribution in [0.4, 0.5) is 0 Å². The van der Waals surface area contributed by atoms with E-state index < -0.39 is 7.14 Å². The maximum absolute atomic E-state index is 13.0. The zero-order valence-corrected chi connectivity index (χ0v) is 11.2. The Labute approximate surface area is 93.3 Å². The van der Waals surface area contributed by atoms with Crippen molar-refractivity contribution in [3.8, 4) is 0 Å². The fourth-order valence-electron chi connectivity index (χ4n) is 2.04. The Balaban J connectivity index is 3.28. The molecule has 0 aliphatic heterocycles. The Morgan fingerprint density at radius 2 is 1.60 bits per heavy atom. The highest BCUT2D eigenvalue weighted by Crippen LogP contribution is 2.53. The molecule has 0 amide bonds. The van der Waals surface area contributed by atoms with E-state index in [1.54, 1.807) is 0 Å². The zero-order valence-electron chi connectivity index (χ0n) is 10.3. The van der Waals surface area contributed by atoms with E-state index in [1.165, 1.54) is 5.56 Å². The van der Waals surface area contributed by atoms with Crippen molar-refractivity contribution < 1.29 is 4.57 Å². The Morgan fingerprint density at radius 3 is 2.00 bits per heavy atom. The first-order valence-electron chi connectivity index (χ1n) is 5.55. The molecule has 15 heavy (non-hydrogen) atoms. The molecule has 0 aliphatic rings. The van der Waals surface area contributed by atoms with E-state index in [-0.39, 0.29) is 11.3 Å². The van der Waals surface area contributed by atoms with Crippen LogP contribution in [0.3, 0.4) is 0 Å². The summed E-state index contributed by atoms with van der Waals surface area (Å²) in [6, 6.07) is 8.13. The SMILES string of the molecule is Cc1cccc(P(=O)(C(C)C)C(C)C)c1. The molecule has 0 bridgehead atoms. The van der Waals surface area contributed by atoms with Gasteiger partial charge in [-0.2, -0.15) is 0 Å². The van der Waals surface area contributed by atoms with Crippen LogP contribution in [0.5, 0.6) is 0 Å². The van der Waals surface area contributed by atoms with E-state index in [0.29, 0.717) is 0 Å². The average Bonchev–Trinajstić information content (AvgIpc) is 2.15. The molecule has 0 fully saturated rings. The molecule has 0 heterocycles. The van der Waals surface area contributed by atoms with Crippen molar-refractivity contribution in [2.75, 3.05) is 0 Å². The minimum atomic E-state index is -2.24. The molecule has 0 radical (unpaired) electrons. The molecule has 0 N–H and O–H groups in total. The largest absolute Gasteiger partial charge is 0.318 e. The molecule has 84 valence electrons. The molecule has 1 nitrogen and oxygen atoms in total. The smallest absolute Gasteiger partial charge is 0.120 e. The lowest BCUT2D eigenvalue weighted by Crippen LogP contribution is -2.19. The van der Waals surface area contributed by atoms with E-state index in [9.17, 15) is 4.57 Å². The van der Waals surface area contributed by atoms with Crippen molar-refractivity contribution in [2.24, 2.45) is 0 Å². The van der Waals surface area contributed by atoms with Crippen LogP contribution in [0.2, 0.25) is 0 Å². The Hall–Kier alpha value is -0.550. The number of benzene rings is 1. The van der Waals surface area contributed by atoms with Crippen LogP contribution in [-0.4, -0.2) is 11.3 Å². The fourth-order valence-corrected chi connectivity index (χ4v) is 5.15. The summed E-state index contributed by atoms with van der Waals surface area (Å²) < 4.78 is 13.0. The van der Waals surface area contributed by atoms with Crippen LogP contribution in [-0.2, 0) is 4.57 Å². The molecule has 1 rings (SSSR count). The maximum Gasteiger partial charge on any atom is 0.120 e. The number of hydrogen-bond acceptors (Lipinski definition) is 1. The number of rotatable bonds is 3. The van der Waals surface area contributed by atoms with Crippen LogP contribution in [0.25, 0.3) is 0 Å².